The van der Waals surface area contributed by atoms with Crippen molar-refractivity contribution in [1.29, 1.82) is 0 Å². The smallest absolute Gasteiger partial charge is 0.336 e. The number of aryl methyl sites for hydroxylation is 1. The highest BCUT2D eigenvalue weighted by atomic mass is 16.4. The van der Waals surface area contributed by atoms with Crippen LogP contribution in [0.4, 0.5) is 5.69 Å². The summed E-state index contributed by atoms with van der Waals surface area (Å²) in [5, 5.41) is 1.83. The van der Waals surface area contributed by atoms with Crippen molar-refractivity contribution in [3.63, 3.8) is 0 Å². The van der Waals surface area contributed by atoms with Crippen molar-refractivity contribution in [3.05, 3.63) is 76.3 Å². The summed E-state index contributed by atoms with van der Waals surface area (Å²) in [6.45, 7) is 6.66. The summed E-state index contributed by atoms with van der Waals surface area (Å²) in [5.41, 5.74) is 3.26. The number of fused-ring (bicyclic) bond motifs is 3. The summed E-state index contributed by atoms with van der Waals surface area (Å²) in [4.78, 5) is 16.6. The molecule has 2 aromatic heterocycles. The van der Waals surface area contributed by atoms with Crippen molar-refractivity contribution in [2.75, 3.05) is 31.1 Å². The average Bonchev–Trinajstić information content (AvgIpc) is 3.12. The molecular formula is C23H22N2O3. The third kappa shape index (κ3) is 3.08. The van der Waals surface area contributed by atoms with Gasteiger partial charge in [-0.15, -0.1) is 0 Å². The van der Waals surface area contributed by atoms with Crippen LogP contribution in [0.1, 0.15) is 11.3 Å². The van der Waals surface area contributed by atoms with Gasteiger partial charge in [0.05, 0.1) is 11.9 Å². The molecule has 1 saturated heterocycles. The number of benzene rings is 2. The van der Waals surface area contributed by atoms with Crippen LogP contribution in [0.3, 0.4) is 0 Å². The van der Waals surface area contributed by atoms with Crippen LogP contribution in [-0.4, -0.2) is 31.1 Å². The summed E-state index contributed by atoms with van der Waals surface area (Å²) >= 11 is 0. The Hall–Kier alpha value is -3.05. The van der Waals surface area contributed by atoms with Gasteiger partial charge in [0.25, 0.3) is 0 Å². The predicted octanol–water partition coefficient (Wildman–Crippen LogP) is 4.17. The van der Waals surface area contributed by atoms with Crippen molar-refractivity contribution in [2.45, 2.75) is 13.5 Å². The molecule has 28 heavy (non-hydrogen) atoms. The van der Waals surface area contributed by atoms with E-state index in [2.05, 4.69) is 40.1 Å². The molecule has 0 spiro atoms. The first-order chi connectivity index (χ1) is 13.7. The van der Waals surface area contributed by atoms with E-state index < -0.39 is 0 Å². The lowest BCUT2D eigenvalue weighted by Gasteiger charge is -2.35. The van der Waals surface area contributed by atoms with Crippen LogP contribution in [0.15, 0.2) is 68.2 Å². The third-order valence-electron chi connectivity index (χ3n) is 5.54. The molecule has 0 aliphatic carbocycles. The zero-order valence-corrected chi connectivity index (χ0v) is 15.9. The van der Waals surface area contributed by atoms with Crippen LogP contribution < -0.4 is 10.5 Å². The number of furan rings is 1. The number of para-hydroxylation sites is 1. The van der Waals surface area contributed by atoms with Crippen LogP contribution in [0.25, 0.3) is 21.9 Å². The number of rotatable bonds is 3. The average molecular weight is 374 g/mol. The molecule has 0 atom stereocenters. The Bertz CT molecular complexity index is 1190. The molecule has 142 valence electrons. The van der Waals surface area contributed by atoms with Gasteiger partial charge in [0, 0.05) is 43.3 Å². The Morgan fingerprint density at radius 2 is 1.68 bits per heavy atom. The van der Waals surface area contributed by atoms with Gasteiger partial charge in [-0.1, -0.05) is 18.2 Å². The van der Waals surface area contributed by atoms with Gasteiger partial charge in [-0.3, -0.25) is 4.90 Å². The van der Waals surface area contributed by atoms with Gasteiger partial charge in [0.2, 0.25) is 0 Å². The van der Waals surface area contributed by atoms with Crippen LogP contribution in [0.5, 0.6) is 0 Å². The van der Waals surface area contributed by atoms with Gasteiger partial charge in [0.15, 0.2) is 0 Å². The Morgan fingerprint density at radius 3 is 2.46 bits per heavy atom. The molecular weight excluding hydrogens is 352 g/mol. The molecule has 4 aromatic rings. The number of hydrogen-bond donors (Lipinski definition) is 0. The van der Waals surface area contributed by atoms with Crippen LogP contribution in [0, 0.1) is 6.92 Å². The van der Waals surface area contributed by atoms with Crippen molar-refractivity contribution in [1.82, 2.24) is 4.90 Å². The summed E-state index contributed by atoms with van der Waals surface area (Å²) in [5.74, 6) is 0.903. The molecule has 0 N–H and O–H groups in total. The second kappa shape index (κ2) is 6.84. The minimum atomic E-state index is -0.322. The molecule has 5 heteroatoms. The first kappa shape index (κ1) is 17.1. The predicted molar refractivity (Wildman–Crippen MR) is 111 cm³/mol. The topological polar surface area (TPSA) is 49.8 Å². The van der Waals surface area contributed by atoms with E-state index >= 15 is 0 Å². The molecule has 1 aliphatic rings. The lowest BCUT2D eigenvalue weighted by Crippen LogP contribution is -2.45. The Balaban J connectivity index is 1.36. The van der Waals surface area contributed by atoms with E-state index in [0.717, 1.165) is 60.4 Å². The van der Waals surface area contributed by atoms with Crippen LogP contribution in [0.2, 0.25) is 0 Å². The molecule has 0 bridgehead atoms. The molecule has 0 unspecified atom stereocenters. The largest absolute Gasteiger partial charge is 0.460 e. The van der Waals surface area contributed by atoms with E-state index in [1.54, 1.807) is 0 Å². The fourth-order valence-electron chi connectivity index (χ4n) is 4.05. The molecule has 5 nitrogen and oxygen atoms in total. The minimum Gasteiger partial charge on any atom is -0.460 e. The van der Waals surface area contributed by atoms with Gasteiger partial charge in [0.1, 0.15) is 16.9 Å². The quantitative estimate of drug-likeness (QED) is 0.504. The Kier molecular flexibility index (Phi) is 4.17. The highest BCUT2D eigenvalue weighted by Crippen LogP contribution is 2.29. The standard InChI is InChI=1S/C23H22N2O3/c1-16-13-22(26)28-23-19(16)7-8-21-20(23)14-18(27-21)15-24-9-11-25(12-10-24)17-5-3-2-4-6-17/h2-8,13-14H,9-12,15H2,1H3. The molecule has 3 heterocycles. The lowest BCUT2D eigenvalue weighted by atomic mass is 10.1. The molecule has 0 radical (unpaired) electrons. The van der Waals surface area contributed by atoms with Crippen molar-refractivity contribution >= 4 is 27.6 Å². The van der Waals surface area contributed by atoms with E-state index in [9.17, 15) is 4.79 Å². The zero-order valence-electron chi connectivity index (χ0n) is 15.9. The van der Waals surface area contributed by atoms with Crippen molar-refractivity contribution in [2.24, 2.45) is 0 Å². The molecule has 1 fully saturated rings. The number of anilines is 1. The number of piperazine rings is 1. The van der Waals surface area contributed by atoms with Crippen molar-refractivity contribution < 1.29 is 8.83 Å². The maximum absolute atomic E-state index is 11.8. The summed E-state index contributed by atoms with van der Waals surface area (Å²) in [6.07, 6.45) is 0. The number of hydrogen-bond acceptors (Lipinski definition) is 5. The van der Waals surface area contributed by atoms with Gasteiger partial charge >= 0.3 is 5.63 Å². The second-order valence-electron chi connectivity index (χ2n) is 7.41. The fraction of sp³-hybridized carbons (Fsp3) is 0.261. The van der Waals surface area contributed by atoms with E-state index in [0.29, 0.717) is 5.58 Å². The first-order valence-corrected chi connectivity index (χ1v) is 9.65. The minimum absolute atomic E-state index is 0.322. The normalized spacial score (nSPS) is 15.5. The van der Waals surface area contributed by atoms with Gasteiger partial charge in [-0.05, 0) is 42.8 Å². The molecule has 0 saturated carbocycles. The lowest BCUT2D eigenvalue weighted by molar-refractivity contribution is 0.233. The van der Waals surface area contributed by atoms with Crippen LogP contribution >= 0.6 is 0 Å². The van der Waals surface area contributed by atoms with E-state index in [1.807, 2.05) is 25.1 Å². The van der Waals surface area contributed by atoms with E-state index in [-0.39, 0.29) is 5.63 Å². The van der Waals surface area contributed by atoms with Gasteiger partial charge in [-0.25, -0.2) is 4.79 Å². The van der Waals surface area contributed by atoms with E-state index in [1.165, 1.54) is 11.8 Å². The SMILES string of the molecule is Cc1cc(=O)oc2c1ccc1oc(CN3CCN(c4ccccc4)CC3)cc12. The summed E-state index contributed by atoms with van der Waals surface area (Å²) in [7, 11) is 0. The van der Waals surface area contributed by atoms with Gasteiger partial charge < -0.3 is 13.7 Å². The Labute approximate surface area is 162 Å². The fourth-order valence-corrected chi connectivity index (χ4v) is 4.05. The number of nitrogens with zero attached hydrogens (tertiary/aromatic N) is 2. The highest BCUT2D eigenvalue weighted by Gasteiger charge is 2.19. The maximum atomic E-state index is 11.8. The Morgan fingerprint density at radius 1 is 0.893 bits per heavy atom. The van der Waals surface area contributed by atoms with Crippen molar-refractivity contribution in [3.8, 4) is 0 Å². The summed E-state index contributed by atoms with van der Waals surface area (Å²) in [6, 6.07) is 18.0. The molecule has 0 amide bonds. The molecule has 5 rings (SSSR count). The van der Waals surface area contributed by atoms with Crippen LogP contribution in [-0.2, 0) is 6.54 Å². The van der Waals surface area contributed by atoms with Gasteiger partial charge in [-0.2, -0.15) is 0 Å². The first-order valence-electron chi connectivity index (χ1n) is 9.65. The maximum Gasteiger partial charge on any atom is 0.336 e. The third-order valence-corrected chi connectivity index (χ3v) is 5.54. The monoisotopic (exact) mass is 374 g/mol. The molecule has 1 aliphatic heterocycles. The summed E-state index contributed by atoms with van der Waals surface area (Å²) < 4.78 is 11.5. The second-order valence-corrected chi connectivity index (χ2v) is 7.41. The zero-order chi connectivity index (χ0) is 19.1. The molecule has 2 aromatic carbocycles. The highest BCUT2D eigenvalue weighted by molar-refractivity contribution is 6.03. The van der Waals surface area contributed by atoms with E-state index in [4.69, 9.17) is 8.83 Å².